The maximum absolute atomic E-state index is 12.3. The second kappa shape index (κ2) is 5.78. The molecule has 2 nitrogen and oxygen atoms in total. The summed E-state index contributed by atoms with van der Waals surface area (Å²) >= 11 is 0. The molecule has 1 N–H and O–H groups in total. The molecule has 1 saturated heterocycles. The van der Waals surface area contributed by atoms with Crippen molar-refractivity contribution in [3.05, 3.63) is 34.9 Å². The van der Waals surface area contributed by atoms with Crippen LogP contribution in [-0.2, 0) is 16.6 Å². The summed E-state index contributed by atoms with van der Waals surface area (Å²) in [4.78, 5) is 0. The number of aryl methyl sites for hydroxylation is 2. The smallest absolute Gasteiger partial charge is 0.0488 e. The maximum atomic E-state index is 12.3. The molecule has 1 fully saturated rings. The van der Waals surface area contributed by atoms with Gasteiger partial charge in [-0.3, -0.25) is 4.21 Å². The number of nitrogens with one attached hydrogen (secondary N) is 1. The van der Waals surface area contributed by atoms with Crippen LogP contribution < -0.4 is 5.32 Å². The number of rotatable bonds is 3. The van der Waals surface area contributed by atoms with Gasteiger partial charge < -0.3 is 5.32 Å². The highest BCUT2D eigenvalue weighted by Crippen LogP contribution is 2.16. The van der Waals surface area contributed by atoms with Crippen molar-refractivity contribution < 1.29 is 4.21 Å². The molecule has 0 radical (unpaired) electrons. The van der Waals surface area contributed by atoms with Crippen LogP contribution in [0.3, 0.4) is 0 Å². The van der Waals surface area contributed by atoms with Crippen LogP contribution in [-0.4, -0.2) is 22.5 Å². The Morgan fingerprint density at radius 3 is 2.35 bits per heavy atom. The van der Waals surface area contributed by atoms with E-state index in [-0.39, 0.29) is 0 Å². The largest absolute Gasteiger partial charge is 0.317 e. The van der Waals surface area contributed by atoms with E-state index in [2.05, 4.69) is 37.4 Å². The van der Waals surface area contributed by atoms with Crippen molar-refractivity contribution in [2.45, 2.75) is 37.7 Å². The summed E-state index contributed by atoms with van der Waals surface area (Å²) in [5.74, 6) is 0.715. The van der Waals surface area contributed by atoms with E-state index in [0.29, 0.717) is 11.0 Å². The first-order valence-electron chi connectivity index (χ1n) is 6.30. The Morgan fingerprint density at radius 1 is 1.18 bits per heavy atom. The van der Waals surface area contributed by atoms with E-state index in [1.54, 1.807) is 0 Å². The Hall–Kier alpha value is -0.670. The van der Waals surface area contributed by atoms with Gasteiger partial charge in [0.1, 0.15) is 0 Å². The highest BCUT2D eigenvalue weighted by molar-refractivity contribution is 7.84. The Kier molecular flexibility index (Phi) is 4.35. The lowest BCUT2D eigenvalue weighted by Gasteiger charge is -2.22. The van der Waals surface area contributed by atoms with Gasteiger partial charge in [-0.2, -0.15) is 0 Å². The first-order valence-corrected chi connectivity index (χ1v) is 7.68. The van der Waals surface area contributed by atoms with E-state index in [1.165, 1.54) is 16.7 Å². The number of hydrogen-bond acceptors (Lipinski definition) is 2. The molecule has 2 rings (SSSR count). The van der Waals surface area contributed by atoms with E-state index in [9.17, 15) is 4.21 Å². The summed E-state index contributed by atoms with van der Waals surface area (Å²) < 4.78 is 12.3. The molecule has 94 valence electrons. The van der Waals surface area contributed by atoms with Crippen LogP contribution in [0.5, 0.6) is 0 Å². The van der Waals surface area contributed by atoms with Gasteiger partial charge in [0.25, 0.3) is 0 Å². The monoisotopic (exact) mass is 251 g/mol. The molecule has 0 saturated carbocycles. The Labute approximate surface area is 106 Å². The van der Waals surface area contributed by atoms with E-state index in [4.69, 9.17) is 0 Å². The average Bonchev–Trinajstić information content (AvgIpc) is 2.28. The minimum Gasteiger partial charge on any atom is -0.317 e. The van der Waals surface area contributed by atoms with Crippen molar-refractivity contribution in [2.75, 3.05) is 13.1 Å². The number of hydrogen-bond donors (Lipinski definition) is 1. The standard InChI is InChI=1S/C14H21NOS/c1-11-7-12(2)9-13(8-11)10-17(16)14-3-5-15-6-4-14/h7-9,14-15H,3-6,10H2,1-2H3. The zero-order valence-electron chi connectivity index (χ0n) is 10.7. The topological polar surface area (TPSA) is 29.1 Å². The third-order valence-corrected chi connectivity index (χ3v) is 5.08. The quantitative estimate of drug-likeness (QED) is 0.893. The van der Waals surface area contributed by atoms with Crippen LogP contribution in [0, 0.1) is 13.8 Å². The molecule has 1 aromatic carbocycles. The van der Waals surface area contributed by atoms with Crippen molar-refractivity contribution >= 4 is 10.8 Å². The summed E-state index contributed by atoms with van der Waals surface area (Å²) in [5.41, 5.74) is 3.75. The summed E-state index contributed by atoms with van der Waals surface area (Å²) in [7, 11) is -0.714. The fraction of sp³-hybridized carbons (Fsp3) is 0.571. The lowest BCUT2D eigenvalue weighted by atomic mass is 10.1. The molecule has 17 heavy (non-hydrogen) atoms. The summed E-state index contributed by atoms with van der Waals surface area (Å²) in [6, 6.07) is 6.48. The predicted octanol–water partition coefficient (Wildman–Crippen LogP) is 2.30. The first-order chi connectivity index (χ1) is 8.15. The molecular weight excluding hydrogens is 230 g/mol. The molecule has 0 spiro atoms. The van der Waals surface area contributed by atoms with E-state index in [1.807, 2.05) is 0 Å². The minimum absolute atomic E-state index is 0.386. The fourth-order valence-corrected chi connectivity index (χ4v) is 3.99. The molecule has 1 heterocycles. The van der Waals surface area contributed by atoms with Gasteiger partial charge in [0.05, 0.1) is 0 Å². The summed E-state index contributed by atoms with van der Waals surface area (Å²) in [6.45, 7) is 6.24. The number of piperidine rings is 1. The first kappa shape index (κ1) is 12.8. The lowest BCUT2D eigenvalue weighted by Crippen LogP contribution is -2.33. The zero-order valence-corrected chi connectivity index (χ0v) is 11.5. The van der Waals surface area contributed by atoms with Crippen molar-refractivity contribution in [3.8, 4) is 0 Å². The number of benzene rings is 1. The molecule has 0 amide bonds. The molecule has 1 aliphatic rings. The van der Waals surface area contributed by atoms with Crippen molar-refractivity contribution in [2.24, 2.45) is 0 Å². The Morgan fingerprint density at radius 2 is 1.76 bits per heavy atom. The highest BCUT2D eigenvalue weighted by atomic mass is 32.2. The lowest BCUT2D eigenvalue weighted by molar-refractivity contribution is 0.519. The minimum atomic E-state index is -0.714. The maximum Gasteiger partial charge on any atom is 0.0488 e. The van der Waals surface area contributed by atoms with Crippen LogP contribution in [0.2, 0.25) is 0 Å². The summed E-state index contributed by atoms with van der Waals surface area (Å²) in [5, 5.41) is 3.70. The molecule has 1 aliphatic heterocycles. The van der Waals surface area contributed by atoms with Crippen molar-refractivity contribution in [1.82, 2.24) is 5.32 Å². The SMILES string of the molecule is Cc1cc(C)cc(CS(=O)C2CCNCC2)c1. The molecule has 0 aliphatic carbocycles. The van der Waals surface area contributed by atoms with Crippen LogP contribution in [0.15, 0.2) is 18.2 Å². The molecule has 0 bridgehead atoms. The predicted molar refractivity (Wildman–Crippen MR) is 73.7 cm³/mol. The van der Waals surface area contributed by atoms with Gasteiger partial charge in [-0.1, -0.05) is 29.3 Å². The Bertz CT molecular complexity index is 390. The van der Waals surface area contributed by atoms with Gasteiger partial charge in [0, 0.05) is 21.8 Å². The van der Waals surface area contributed by atoms with Gasteiger partial charge in [0.2, 0.25) is 0 Å². The highest BCUT2D eigenvalue weighted by Gasteiger charge is 2.19. The third kappa shape index (κ3) is 3.65. The molecule has 1 aromatic rings. The third-order valence-electron chi connectivity index (χ3n) is 3.25. The van der Waals surface area contributed by atoms with Gasteiger partial charge in [0.15, 0.2) is 0 Å². The van der Waals surface area contributed by atoms with Gasteiger partial charge in [-0.15, -0.1) is 0 Å². The van der Waals surface area contributed by atoms with E-state index in [0.717, 1.165) is 25.9 Å². The Balaban J connectivity index is 2.01. The fourth-order valence-electron chi connectivity index (χ4n) is 2.49. The molecule has 1 unspecified atom stereocenters. The molecular formula is C14H21NOS. The second-order valence-corrected chi connectivity index (χ2v) is 6.69. The van der Waals surface area contributed by atoms with Gasteiger partial charge >= 0.3 is 0 Å². The van der Waals surface area contributed by atoms with Gasteiger partial charge in [-0.05, 0) is 45.3 Å². The van der Waals surface area contributed by atoms with E-state index < -0.39 is 10.8 Å². The van der Waals surface area contributed by atoms with Crippen molar-refractivity contribution in [1.29, 1.82) is 0 Å². The molecule has 0 aromatic heterocycles. The van der Waals surface area contributed by atoms with Gasteiger partial charge in [-0.25, -0.2) is 0 Å². The van der Waals surface area contributed by atoms with Crippen LogP contribution in [0.1, 0.15) is 29.5 Å². The normalized spacial score (nSPS) is 19.2. The molecule has 1 atom stereocenters. The summed E-state index contributed by atoms with van der Waals surface area (Å²) in [6.07, 6.45) is 2.11. The van der Waals surface area contributed by atoms with Crippen molar-refractivity contribution in [3.63, 3.8) is 0 Å². The second-order valence-electron chi connectivity index (χ2n) is 4.97. The van der Waals surface area contributed by atoms with E-state index >= 15 is 0 Å². The van der Waals surface area contributed by atoms with Crippen LogP contribution >= 0.6 is 0 Å². The van der Waals surface area contributed by atoms with Crippen LogP contribution in [0.25, 0.3) is 0 Å². The average molecular weight is 251 g/mol. The zero-order chi connectivity index (χ0) is 12.3. The molecule has 3 heteroatoms. The van der Waals surface area contributed by atoms with Crippen LogP contribution in [0.4, 0.5) is 0 Å².